The van der Waals surface area contributed by atoms with E-state index in [2.05, 4.69) is 0 Å². The average Bonchev–Trinajstić information content (AvgIpc) is 2.41. The highest BCUT2D eigenvalue weighted by Crippen LogP contribution is 2.13. The van der Waals surface area contributed by atoms with Gasteiger partial charge < -0.3 is 5.73 Å². The number of rotatable bonds is 5. The molecule has 0 fully saturated rings. The molecular formula is C17H18FNO. The molecule has 0 bridgehead atoms. The third kappa shape index (κ3) is 3.92. The molecule has 0 unspecified atom stereocenters. The maximum Gasteiger partial charge on any atom is 0.137 e. The topological polar surface area (TPSA) is 43.1 Å². The van der Waals surface area contributed by atoms with E-state index < -0.39 is 0 Å². The SMILES string of the molecule is Cc1cc(F)ccc1CC(=O)CCc1ccc(N)cc1. The Bertz CT molecular complexity index is 605. The van der Waals surface area contributed by atoms with E-state index in [0.29, 0.717) is 19.3 Å². The number of Topliss-reactive ketones (excluding diaryl/α,β-unsaturated/α-hetero) is 1. The molecule has 0 aromatic heterocycles. The molecule has 0 aliphatic rings. The van der Waals surface area contributed by atoms with Gasteiger partial charge in [-0.25, -0.2) is 4.39 Å². The maximum absolute atomic E-state index is 13.0. The highest BCUT2D eigenvalue weighted by atomic mass is 19.1. The summed E-state index contributed by atoms with van der Waals surface area (Å²) in [7, 11) is 0. The van der Waals surface area contributed by atoms with E-state index in [0.717, 1.165) is 22.4 Å². The van der Waals surface area contributed by atoms with Crippen LogP contribution in [-0.2, 0) is 17.6 Å². The van der Waals surface area contributed by atoms with Crippen molar-refractivity contribution in [3.63, 3.8) is 0 Å². The van der Waals surface area contributed by atoms with E-state index in [1.807, 2.05) is 31.2 Å². The summed E-state index contributed by atoms with van der Waals surface area (Å²) in [6.07, 6.45) is 1.56. The van der Waals surface area contributed by atoms with Gasteiger partial charge in [0.1, 0.15) is 11.6 Å². The van der Waals surface area contributed by atoms with Gasteiger partial charge in [0.05, 0.1) is 0 Å². The zero-order chi connectivity index (χ0) is 14.5. The monoisotopic (exact) mass is 271 g/mol. The molecule has 0 saturated carbocycles. The summed E-state index contributed by atoms with van der Waals surface area (Å²) in [5, 5.41) is 0. The highest BCUT2D eigenvalue weighted by Gasteiger charge is 2.07. The van der Waals surface area contributed by atoms with E-state index in [4.69, 9.17) is 5.73 Å². The number of hydrogen-bond donors (Lipinski definition) is 1. The molecule has 0 spiro atoms. The third-order valence-electron chi connectivity index (χ3n) is 3.36. The molecule has 0 saturated heterocycles. The Morgan fingerprint density at radius 2 is 1.85 bits per heavy atom. The first-order valence-electron chi connectivity index (χ1n) is 6.66. The van der Waals surface area contributed by atoms with Crippen molar-refractivity contribution in [2.24, 2.45) is 0 Å². The lowest BCUT2D eigenvalue weighted by Gasteiger charge is -2.06. The zero-order valence-corrected chi connectivity index (χ0v) is 11.5. The molecule has 2 N–H and O–H groups in total. The number of nitrogen functional groups attached to an aromatic ring is 1. The molecule has 2 aromatic rings. The van der Waals surface area contributed by atoms with Gasteiger partial charge in [0.15, 0.2) is 0 Å². The van der Waals surface area contributed by atoms with E-state index in [9.17, 15) is 9.18 Å². The first kappa shape index (κ1) is 14.3. The lowest BCUT2D eigenvalue weighted by molar-refractivity contribution is -0.118. The van der Waals surface area contributed by atoms with Crippen LogP contribution in [0.15, 0.2) is 42.5 Å². The predicted octanol–water partition coefficient (Wildman–Crippen LogP) is 3.46. The standard InChI is InChI=1S/C17H18FNO/c1-12-10-15(18)6-5-14(12)11-17(20)9-4-13-2-7-16(19)8-3-13/h2-3,5-8,10H,4,9,11,19H2,1H3. The lowest BCUT2D eigenvalue weighted by Crippen LogP contribution is -2.06. The minimum absolute atomic E-state index is 0.163. The van der Waals surface area contributed by atoms with Gasteiger partial charge in [0, 0.05) is 18.5 Å². The van der Waals surface area contributed by atoms with E-state index >= 15 is 0 Å². The van der Waals surface area contributed by atoms with Gasteiger partial charge in [0.2, 0.25) is 0 Å². The van der Waals surface area contributed by atoms with Crippen LogP contribution in [0.4, 0.5) is 10.1 Å². The van der Waals surface area contributed by atoms with Crippen LogP contribution in [0.1, 0.15) is 23.1 Å². The highest BCUT2D eigenvalue weighted by molar-refractivity contribution is 5.81. The number of benzene rings is 2. The Labute approximate surface area is 118 Å². The van der Waals surface area contributed by atoms with Crippen LogP contribution >= 0.6 is 0 Å². The summed E-state index contributed by atoms with van der Waals surface area (Å²) in [4.78, 5) is 12.0. The fourth-order valence-corrected chi connectivity index (χ4v) is 2.13. The fourth-order valence-electron chi connectivity index (χ4n) is 2.13. The number of nitrogens with two attached hydrogens (primary N) is 1. The smallest absolute Gasteiger partial charge is 0.137 e. The minimum Gasteiger partial charge on any atom is -0.399 e. The molecule has 104 valence electrons. The minimum atomic E-state index is -0.263. The third-order valence-corrected chi connectivity index (χ3v) is 3.36. The van der Waals surface area contributed by atoms with Crippen LogP contribution in [0, 0.1) is 12.7 Å². The van der Waals surface area contributed by atoms with Crippen LogP contribution < -0.4 is 5.73 Å². The fraction of sp³-hybridized carbons (Fsp3) is 0.235. The molecular weight excluding hydrogens is 253 g/mol. The van der Waals surface area contributed by atoms with Crippen molar-refractivity contribution < 1.29 is 9.18 Å². The molecule has 2 aromatic carbocycles. The van der Waals surface area contributed by atoms with Crippen molar-refractivity contribution in [2.75, 3.05) is 5.73 Å². The molecule has 3 heteroatoms. The van der Waals surface area contributed by atoms with Gasteiger partial charge in [-0.15, -0.1) is 0 Å². The Hall–Kier alpha value is -2.16. The zero-order valence-electron chi connectivity index (χ0n) is 11.5. The van der Waals surface area contributed by atoms with Gasteiger partial charge >= 0.3 is 0 Å². The van der Waals surface area contributed by atoms with Crippen LogP contribution in [0.3, 0.4) is 0 Å². The van der Waals surface area contributed by atoms with E-state index in [1.165, 1.54) is 12.1 Å². The quantitative estimate of drug-likeness (QED) is 0.846. The Kier molecular flexibility index (Phi) is 4.51. The molecule has 2 nitrogen and oxygen atoms in total. The van der Waals surface area contributed by atoms with Crippen molar-refractivity contribution in [1.29, 1.82) is 0 Å². The first-order valence-corrected chi connectivity index (χ1v) is 6.66. The Morgan fingerprint density at radius 3 is 2.50 bits per heavy atom. The first-order chi connectivity index (χ1) is 9.54. The number of aryl methyl sites for hydroxylation is 2. The number of anilines is 1. The summed E-state index contributed by atoms with van der Waals surface area (Å²) >= 11 is 0. The molecule has 0 heterocycles. The van der Waals surface area contributed by atoms with Crippen LogP contribution in [-0.4, -0.2) is 5.78 Å². The van der Waals surface area contributed by atoms with Crippen molar-refractivity contribution in [1.82, 2.24) is 0 Å². The second-order valence-electron chi connectivity index (χ2n) is 5.03. The normalized spacial score (nSPS) is 10.5. The molecule has 2 rings (SSSR count). The van der Waals surface area contributed by atoms with Gasteiger partial charge in [-0.2, -0.15) is 0 Å². The number of ketones is 1. The molecule has 0 aliphatic heterocycles. The van der Waals surface area contributed by atoms with Gasteiger partial charge in [0.25, 0.3) is 0 Å². The van der Waals surface area contributed by atoms with Crippen molar-refractivity contribution in [3.8, 4) is 0 Å². The van der Waals surface area contributed by atoms with Gasteiger partial charge in [-0.3, -0.25) is 4.79 Å². The Morgan fingerprint density at radius 1 is 1.15 bits per heavy atom. The van der Waals surface area contributed by atoms with Crippen LogP contribution in [0.5, 0.6) is 0 Å². The number of halogens is 1. The molecule has 0 radical (unpaired) electrons. The second-order valence-corrected chi connectivity index (χ2v) is 5.03. The van der Waals surface area contributed by atoms with Gasteiger partial charge in [-0.1, -0.05) is 18.2 Å². The van der Waals surface area contributed by atoms with Crippen LogP contribution in [0.2, 0.25) is 0 Å². The summed E-state index contributed by atoms with van der Waals surface area (Å²) < 4.78 is 13.0. The van der Waals surface area contributed by atoms with Crippen molar-refractivity contribution in [2.45, 2.75) is 26.2 Å². The van der Waals surface area contributed by atoms with Crippen molar-refractivity contribution in [3.05, 3.63) is 65.0 Å². The molecule has 0 atom stereocenters. The number of carbonyl (C=O) groups excluding carboxylic acids is 1. The summed E-state index contributed by atoms with van der Waals surface area (Å²) in [5.74, 6) is -0.0999. The number of hydrogen-bond acceptors (Lipinski definition) is 2. The lowest BCUT2D eigenvalue weighted by atomic mass is 9.99. The summed E-state index contributed by atoms with van der Waals surface area (Å²) in [6.45, 7) is 1.83. The van der Waals surface area contributed by atoms with E-state index in [-0.39, 0.29) is 11.6 Å². The number of carbonyl (C=O) groups is 1. The van der Waals surface area contributed by atoms with Gasteiger partial charge in [-0.05, 0) is 54.3 Å². The molecule has 20 heavy (non-hydrogen) atoms. The largest absolute Gasteiger partial charge is 0.399 e. The predicted molar refractivity (Wildman–Crippen MR) is 79.0 cm³/mol. The molecule has 0 aliphatic carbocycles. The average molecular weight is 271 g/mol. The summed E-state index contributed by atoms with van der Waals surface area (Å²) in [6, 6.07) is 12.1. The molecule has 0 amide bonds. The Balaban J connectivity index is 1.90. The van der Waals surface area contributed by atoms with Crippen molar-refractivity contribution >= 4 is 11.5 Å². The van der Waals surface area contributed by atoms with Crippen LogP contribution in [0.25, 0.3) is 0 Å². The summed E-state index contributed by atoms with van der Waals surface area (Å²) in [5.41, 5.74) is 9.16. The maximum atomic E-state index is 13.0. The van der Waals surface area contributed by atoms with E-state index in [1.54, 1.807) is 6.07 Å². The second kappa shape index (κ2) is 6.33.